The lowest BCUT2D eigenvalue weighted by molar-refractivity contribution is -0.0498. The van der Waals surface area contributed by atoms with Gasteiger partial charge >= 0.3 is 6.61 Å². The van der Waals surface area contributed by atoms with Crippen LogP contribution >= 0.6 is 0 Å². The lowest BCUT2D eigenvalue weighted by Gasteiger charge is -2.18. The molecule has 6 nitrogen and oxygen atoms in total. The molecule has 0 spiro atoms. The summed E-state index contributed by atoms with van der Waals surface area (Å²) < 4.78 is 70.1. The van der Waals surface area contributed by atoms with Crippen molar-refractivity contribution in [1.82, 2.24) is 10.0 Å². The normalized spacial score (nSPS) is 13.5. The van der Waals surface area contributed by atoms with E-state index in [-0.39, 0.29) is 35.7 Å². The molecule has 0 unspecified atom stereocenters. The van der Waals surface area contributed by atoms with E-state index in [1.165, 1.54) is 36.4 Å². The Labute approximate surface area is 178 Å². The summed E-state index contributed by atoms with van der Waals surface area (Å²) in [6.45, 7) is -2.66. The van der Waals surface area contributed by atoms with E-state index < -0.39 is 28.4 Å². The molecule has 10 heteroatoms. The van der Waals surface area contributed by atoms with Crippen LogP contribution < -0.4 is 14.8 Å². The molecule has 0 fully saturated rings. The summed E-state index contributed by atoms with van der Waals surface area (Å²) in [6.07, 6.45) is 2.43. The zero-order valence-electron chi connectivity index (χ0n) is 16.4. The van der Waals surface area contributed by atoms with Crippen molar-refractivity contribution < 1.29 is 31.1 Å². The molecule has 0 radical (unpaired) electrons. The maximum atomic E-state index is 13.6. The van der Waals surface area contributed by atoms with E-state index in [1.54, 1.807) is 12.1 Å². The second kappa shape index (κ2) is 9.97. The van der Waals surface area contributed by atoms with Crippen LogP contribution in [0.4, 0.5) is 13.2 Å². The molecule has 2 aromatic rings. The first-order valence-corrected chi connectivity index (χ1v) is 11.1. The maximum Gasteiger partial charge on any atom is 0.387 e. The quantitative estimate of drug-likeness (QED) is 0.569. The van der Waals surface area contributed by atoms with Crippen LogP contribution in [-0.2, 0) is 16.4 Å². The maximum absolute atomic E-state index is 13.6. The number of benzene rings is 2. The van der Waals surface area contributed by atoms with E-state index in [2.05, 4.69) is 14.8 Å². The summed E-state index contributed by atoms with van der Waals surface area (Å²) in [6, 6.07) is 9.97. The van der Waals surface area contributed by atoms with E-state index in [0.29, 0.717) is 18.4 Å². The number of halogens is 3. The molecule has 0 saturated heterocycles. The number of allylic oxidation sites excluding steroid dienone is 1. The molecule has 0 heterocycles. The molecular weight excluding hydrogens is 433 g/mol. The number of hydrogen-bond donors (Lipinski definition) is 2. The summed E-state index contributed by atoms with van der Waals surface area (Å²) >= 11 is 0. The summed E-state index contributed by atoms with van der Waals surface area (Å²) in [4.78, 5) is 12.1. The van der Waals surface area contributed by atoms with Crippen LogP contribution in [0, 0.1) is 5.82 Å². The van der Waals surface area contributed by atoms with Gasteiger partial charge in [-0.2, -0.15) is 8.78 Å². The fourth-order valence-electron chi connectivity index (χ4n) is 3.16. The monoisotopic (exact) mass is 454 g/mol. The van der Waals surface area contributed by atoms with E-state index in [9.17, 15) is 26.4 Å². The van der Waals surface area contributed by atoms with Gasteiger partial charge in [-0.25, -0.2) is 17.5 Å². The van der Waals surface area contributed by atoms with Gasteiger partial charge in [-0.1, -0.05) is 18.2 Å². The van der Waals surface area contributed by atoms with Crippen LogP contribution in [0.3, 0.4) is 0 Å². The Kier molecular flexibility index (Phi) is 7.34. The SMILES string of the molecule is O=C(NCCCNS(=O)(=O)C1=Cc2ccc(OC(F)F)cc2CC1)c1ccccc1F. The largest absolute Gasteiger partial charge is 0.435 e. The van der Waals surface area contributed by atoms with Gasteiger partial charge in [0.2, 0.25) is 10.0 Å². The molecule has 3 rings (SSSR count). The number of rotatable bonds is 9. The summed E-state index contributed by atoms with van der Waals surface area (Å²) in [7, 11) is -3.73. The molecular formula is C21H21F3N2O4S. The number of carbonyl (C=O) groups is 1. The Balaban J connectivity index is 1.51. The van der Waals surface area contributed by atoms with Crippen LogP contribution in [0.2, 0.25) is 0 Å². The third-order valence-electron chi connectivity index (χ3n) is 4.69. The van der Waals surface area contributed by atoms with Gasteiger partial charge in [0.1, 0.15) is 11.6 Å². The number of amides is 1. The Bertz CT molecular complexity index is 1090. The number of alkyl halides is 2. The summed E-state index contributed by atoms with van der Waals surface area (Å²) in [5, 5.41) is 2.54. The summed E-state index contributed by atoms with van der Waals surface area (Å²) in [5.41, 5.74) is 1.29. The van der Waals surface area contributed by atoms with E-state index in [0.717, 1.165) is 5.56 Å². The first-order chi connectivity index (χ1) is 14.8. The Morgan fingerprint density at radius 1 is 1.10 bits per heavy atom. The fraction of sp³-hybridized carbons (Fsp3) is 0.286. The van der Waals surface area contributed by atoms with Crippen LogP contribution in [-0.4, -0.2) is 34.0 Å². The molecule has 2 aromatic carbocycles. The Morgan fingerprint density at radius 2 is 1.87 bits per heavy atom. The molecule has 1 aliphatic carbocycles. The smallest absolute Gasteiger partial charge is 0.387 e. The number of nitrogens with one attached hydrogen (secondary N) is 2. The predicted octanol–water partition coefficient (Wildman–Crippen LogP) is 3.45. The lowest BCUT2D eigenvalue weighted by atomic mass is 9.97. The highest BCUT2D eigenvalue weighted by atomic mass is 32.2. The second-order valence-corrected chi connectivity index (χ2v) is 8.66. The molecule has 31 heavy (non-hydrogen) atoms. The highest BCUT2D eigenvalue weighted by Gasteiger charge is 2.22. The fourth-order valence-corrected chi connectivity index (χ4v) is 4.41. The summed E-state index contributed by atoms with van der Waals surface area (Å²) in [5.74, 6) is -1.16. The van der Waals surface area contributed by atoms with Gasteiger partial charge in [-0.3, -0.25) is 4.79 Å². The zero-order chi connectivity index (χ0) is 22.4. The van der Waals surface area contributed by atoms with Crippen molar-refractivity contribution in [2.24, 2.45) is 0 Å². The van der Waals surface area contributed by atoms with Crippen LogP contribution in [0.5, 0.6) is 5.75 Å². The average Bonchev–Trinajstić information content (AvgIpc) is 2.72. The minimum absolute atomic E-state index is 0.0315. The third kappa shape index (κ3) is 6.08. The minimum atomic E-state index is -3.73. The Hall–Kier alpha value is -2.85. The molecule has 1 amide bonds. The first-order valence-electron chi connectivity index (χ1n) is 9.57. The number of hydrogen-bond acceptors (Lipinski definition) is 4. The number of sulfonamides is 1. The molecule has 2 N–H and O–H groups in total. The highest BCUT2D eigenvalue weighted by Crippen LogP contribution is 2.30. The number of aryl methyl sites for hydroxylation is 1. The van der Waals surface area contributed by atoms with Crippen LogP contribution in [0.25, 0.3) is 6.08 Å². The van der Waals surface area contributed by atoms with Gasteiger partial charge in [0.05, 0.1) is 10.5 Å². The average molecular weight is 454 g/mol. The molecule has 1 aliphatic rings. The lowest BCUT2D eigenvalue weighted by Crippen LogP contribution is -2.31. The van der Waals surface area contributed by atoms with Gasteiger partial charge in [0.15, 0.2) is 0 Å². The number of fused-ring (bicyclic) bond motifs is 1. The van der Waals surface area contributed by atoms with Gasteiger partial charge < -0.3 is 10.1 Å². The van der Waals surface area contributed by atoms with Crippen molar-refractivity contribution in [2.45, 2.75) is 25.9 Å². The molecule has 0 aromatic heterocycles. The van der Waals surface area contributed by atoms with Crippen LogP contribution in [0.1, 0.15) is 34.3 Å². The van der Waals surface area contributed by atoms with Crippen molar-refractivity contribution in [3.63, 3.8) is 0 Å². The van der Waals surface area contributed by atoms with E-state index in [4.69, 9.17) is 0 Å². The standard InChI is InChI=1S/C21H21F3N2O4S/c22-19-5-2-1-4-18(19)20(27)25-10-3-11-26-31(28,29)17-9-7-14-12-16(30-21(23)24)8-6-15(14)13-17/h1-2,4-6,8,12-13,21,26H,3,7,9-11H2,(H,25,27). The van der Waals surface area contributed by atoms with Crippen molar-refractivity contribution in [3.8, 4) is 5.75 Å². The second-order valence-electron chi connectivity index (χ2n) is 6.84. The number of ether oxygens (including phenoxy) is 1. The topological polar surface area (TPSA) is 84.5 Å². The molecule has 166 valence electrons. The van der Waals surface area contributed by atoms with Crippen molar-refractivity contribution in [2.75, 3.05) is 13.1 Å². The molecule has 0 atom stereocenters. The van der Waals surface area contributed by atoms with Crippen molar-refractivity contribution in [3.05, 3.63) is 69.9 Å². The Morgan fingerprint density at radius 3 is 2.61 bits per heavy atom. The van der Waals surface area contributed by atoms with Gasteiger partial charge in [-0.15, -0.1) is 0 Å². The van der Waals surface area contributed by atoms with Crippen molar-refractivity contribution in [1.29, 1.82) is 0 Å². The predicted molar refractivity (Wildman–Crippen MR) is 110 cm³/mol. The number of carbonyl (C=O) groups excluding carboxylic acids is 1. The molecule has 0 bridgehead atoms. The minimum Gasteiger partial charge on any atom is -0.435 e. The van der Waals surface area contributed by atoms with Gasteiger partial charge in [0, 0.05) is 13.1 Å². The van der Waals surface area contributed by atoms with E-state index >= 15 is 0 Å². The van der Waals surface area contributed by atoms with Gasteiger partial charge in [0.25, 0.3) is 5.91 Å². The first kappa shape index (κ1) is 22.8. The van der Waals surface area contributed by atoms with E-state index in [1.807, 2.05) is 0 Å². The molecule has 0 saturated carbocycles. The van der Waals surface area contributed by atoms with Gasteiger partial charge in [-0.05, 0) is 60.7 Å². The molecule has 0 aliphatic heterocycles. The van der Waals surface area contributed by atoms with Crippen molar-refractivity contribution >= 4 is 22.0 Å². The van der Waals surface area contributed by atoms with Crippen LogP contribution in [0.15, 0.2) is 47.4 Å². The highest BCUT2D eigenvalue weighted by molar-refractivity contribution is 7.93. The zero-order valence-corrected chi connectivity index (χ0v) is 17.2. The third-order valence-corrected chi connectivity index (χ3v) is 6.29.